The number of furan rings is 1. The summed E-state index contributed by atoms with van der Waals surface area (Å²) in [4.78, 5) is 0. The van der Waals surface area contributed by atoms with Crippen molar-refractivity contribution in [3.05, 3.63) is 90.4 Å². The number of pyridine rings is 1. The molecule has 0 saturated heterocycles. The average Bonchev–Trinajstić information content (AvgIpc) is 3.04. The highest BCUT2D eigenvalue weighted by Gasteiger charge is 2.17. The highest BCUT2D eigenvalue weighted by Crippen LogP contribution is 2.36. The number of benzene rings is 3. The molecule has 0 amide bonds. The van der Waals surface area contributed by atoms with Gasteiger partial charge in [-0.15, -0.1) is 0 Å². The third kappa shape index (κ3) is 2.59. The Labute approximate surface area is 162 Å². The van der Waals surface area contributed by atoms with Gasteiger partial charge in [0.2, 0.25) is 5.69 Å². The highest BCUT2D eigenvalue weighted by atomic mass is 19.1. The molecular formula is C25H19FNO+. The van der Waals surface area contributed by atoms with E-state index >= 15 is 0 Å². The van der Waals surface area contributed by atoms with Gasteiger partial charge in [-0.25, -0.2) is 8.96 Å². The Morgan fingerprint density at radius 3 is 2.29 bits per heavy atom. The number of nitrogens with zero attached hydrogens (tertiary/aromatic N) is 1. The smallest absolute Gasteiger partial charge is 0.212 e. The summed E-state index contributed by atoms with van der Waals surface area (Å²) in [7, 11) is 2.03. The predicted molar refractivity (Wildman–Crippen MR) is 110 cm³/mol. The number of hydrogen-bond acceptors (Lipinski definition) is 1. The lowest BCUT2D eigenvalue weighted by Gasteiger charge is -2.05. The van der Waals surface area contributed by atoms with Gasteiger partial charge >= 0.3 is 0 Å². The monoisotopic (exact) mass is 368 g/mol. The van der Waals surface area contributed by atoms with Crippen molar-refractivity contribution in [1.29, 1.82) is 0 Å². The average molecular weight is 368 g/mol. The molecule has 0 atom stereocenters. The van der Waals surface area contributed by atoms with Gasteiger partial charge in [-0.3, -0.25) is 0 Å². The fourth-order valence-electron chi connectivity index (χ4n) is 3.86. The van der Waals surface area contributed by atoms with Crippen molar-refractivity contribution in [2.45, 2.75) is 6.92 Å². The van der Waals surface area contributed by atoms with Gasteiger partial charge in [-0.1, -0.05) is 30.3 Å². The Bertz CT molecular complexity index is 1340. The van der Waals surface area contributed by atoms with Crippen molar-refractivity contribution in [3.8, 4) is 22.4 Å². The molecule has 0 unspecified atom stereocenters. The first-order valence-electron chi connectivity index (χ1n) is 9.29. The van der Waals surface area contributed by atoms with Crippen molar-refractivity contribution < 1.29 is 13.4 Å². The van der Waals surface area contributed by atoms with Crippen LogP contribution >= 0.6 is 0 Å². The second-order valence-electron chi connectivity index (χ2n) is 7.16. The normalized spacial score (nSPS) is 11.4. The summed E-state index contributed by atoms with van der Waals surface area (Å²) in [5, 5.41) is 1.73. The largest absolute Gasteiger partial charge is 0.456 e. The van der Waals surface area contributed by atoms with E-state index in [1.54, 1.807) is 12.1 Å². The van der Waals surface area contributed by atoms with E-state index in [1.165, 1.54) is 0 Å². The topological polar surface area (TPSA) is 17.0 Å². The molecule has 0 aliphatic rings. The molecule has 2 heterocycles. The van der Waals surface area contributed by atoms with Crippen LogP contribution in [0.5, 0.6) is 0 Å². The molecule has 3 aromatic carbocycles. The molecule has 28 heavy (non-hydrogen) atoms. The second kappa shape index (κ2) is 6.31. The summed E-state index contributed by atoms with van der Waals surface area (Å²) in [6.45, 7) is 2.07. The zero-order valence-corrected chi connectivity index (χ0v) is 15.7. The lowest BCUT2D eigenvalue weighted by Crippen LogP contribution is -2.30. The summed E-state index contributed by atoms with van der Waals surface area (Å²) >= 11 is 0. The number of hydrogen-bond donors (Lipinski definition) is 0. The third-order valence-electron chi connectivity index (χ3n) is 5.32. The maximum Gasteiger partial charge on any atom is 0.212 e. The minimum Gasteiger partial charge on any atom is -0.456 e. The van der Waals surface area contributed by atoms with Gasteiger partial charge in [0.25, 0.3) is 0 Å². The van der Waals surface area contributed by atoms with E-state index in [0.717, 1.165) is 38.7 Å². The van der Waals surface area contributed by atoms with Crippen molar-refractivity contribution in [3.63, 3.8) is 0 Å². The predicted octanol–water partition coefficient (Wildman–Crippen LogP) is 6.19. The Kier molecular flexibility index (Phi) is 3.76. The molecule has 0 aliphatic heterocycles. The van der Waals surface area contributed by atoms with Crippen LogP contribution < -0.4 is 4.57 Å². The Morgan fingerprint density at radius 1 is 0.786 bits per heavy atom. The van der Waals surface area contributed by atoms with Gasteiger partial charge < -0.3 is 4.42 Å². The van der Waals surface area contributed by atoms with Crippen molar-refractivity contribution in [1.82, 2.24) is 0 Å². The molecule has 136 valence electrons. The van der Waals surface area contributed by atoms with E-state index in [-0.39, 0.29) is 5.82 Å². The molecule has 2 nitrogen and oxygen atoms in total. The van der Waals surface area contributed by atoms with E-state index < -0.39 is 0 Å². The van der Waals surface area contributed by atoms with Crippen molar-refractivity contribution >= 4 is 21.9 Å². The van der Waals surface area contributed by atoms with Crippen molar-refractivity contribution in [2.24, 2.45) is 7.05 Å². The standard InChI is InChI=1S/C25H19FNO/c1-16-12-24-20(13-18(16)23-10-6-7-11-27(23)2)21-14-22(26)19(15-25(21)28-24)17-8-4-3-5-9-17/h3-15H,1-2H3/q+1. The highest BCUT2D eigenvalue weighted by molar-refractivity contribution is 6.07. The Balaban J connectivity index is 1.77. The molecule has 0 bridgehead atoms. The molecule has 0 saturated carbocycles. The zero-order chi connectivity index (χ0) is 19.3. The molecule has 0 fully saturated rings. The van der Waals surface area contributed by atoms with Crippen molar-refractivity contribution in [2.75, 3.05) is 0 Å². The van der Waals surface area contributed by atoms with E-state index in [2.05, 4.69) is 23.6 Å². The number of halogens is 1. The van der Waals surface area contributed by atoms with Gasteiger partial charge in [-0.2, -0.15) is 0 Å². The van der Waals surface area contributed by atoms with Crippen LogP contribution in [0.3, 0.4) is 0 Å². The van der Waals surface area contributed by atoms with Gasteiger partial charge in [0.05, 0.1) is 0 Å². The molecule has 3 heteroatoms. The minimum atomic E-state index is -0.242. The number of rotatable bonds is 2. The van der Waals surface area contributed by atoms with Gasteiger partial charge in [0.15, 0.2) is 6.20 Å². The van der Waals surface area contributed by atoms with Crippen LogP contribution in [0.4, 0.5) is 4.39 Å². The zero-order valence-electron chi connectivity index (χ0n) is 15.7. The molecule has 0 aliphatic carbocycles. The minimum absolute atomic E-state index is 0.242. The Hall–Kier alpha value is -3.46. The first-order chi connectivity index (χ1) is 13.6. The quantitative estimate of drug-likeness (QED) is 0.339. The molecule has 5 aromatic rings. The summed E-state index contributed by atoms with van der Waals surface area (Å²) in [5.41, 5.74) is 6.22. The molecule has 0 radical (unpaired) electrons. The van der Waals surface area contributed by atoms with E-state index in [0.29, 0.717) is 11.1 Å². The summed E-state index contributed by atoms with van der Waals surface area (Å²) in [6, 6.07) is 23.2. The molecular weight excluding hydrogens is 349 g/mol. The SMILES string of the molecule is Cc1cc2oc3cc(-c4ccccc4)c(F)cc3c2cc1-c1cccc[n+]1C. The third-order valence-corrected chi connectivity index (χ3v) is 5.32. The van der Waals surface area contributed by atoms with Crippen LogP contribution in [0.2, 0.25) is 0 Å². The maximum absolute atomic E-state index is 14.9. The van der Waals surface area contributed by atoms with Crippen LogP contribution in [0.25, 0.3) is 44.3 Å². The van der Waals surface area contributed by atoms with Gasteiger partial charge in [0, 0.05) is 34.0 Å². The molecule has 0 spiro atoms. The molecule has 5 rings (SSSR count). The number of aryl methyl sites for hydroxylation is 2. The van der Waals surface area contributed by atoms with E-state index in [1.807, 2.05) is 61.8 Å². The lowest BCUT2D eigenvalue weighted by atomic mass is 9.99. The lowest BCUT2D eigenvalue weighted by molar-refractivity contribution is -0.660. The summed E-state index contributed by atoms with van der Waals surface area (Å²) in [6.07, 6.45) is 2.03. The Morgan fingerprint density at radius 2 is 1.50 bits per heavy atom. The molecule has 0 N–H and O–H groups in total. The first kappa shape index (κ1) is 16.7. The summed E-state index contributed by atoms with van der Waals surface area (Å²) in [5.74, 6) is -0.242. The van der Waals surface area contributed by atoms with E-state index in [4.69, 9.17) is 4.42 Å². The van der Waals surface area contributed by atoms with Crippen LogP contribution in [0, 0.1) is 12.7 Å². The number of fused-ring (bicyclic) bond motifs is 3. The summed E-state index contributed by atoms with van der Waals surface area (Å²) < 4.78 is 23.1. The van der Waals surface area contributed by atoms with Crippen LogP contribution in [0.15, 0.2) is 83.4 Å². The first-order valence-corrected chi connectivity index (χ1v) is 9.29. The van der Waals surface area contributed by atoms with Gasteiger partial charge in [0.1, 0.15) is 24.0 Å². The van der Waals surface area contributed by atoms with Gasteiger partial charge in [-0.05, 0) is 48.4 Å². The van der Waals surface area contributed by atoms with E-state index in [9.17, 15) is 4.39 Å². The number of aromatic nitrogens is 1. The van der Waals surface area contributed by atoms with Crippen LogP contribution in [0.1, 0.15) is 5.56 Å². The maximum atomic E-state index is 14.9. The molecule has 2 aromatic heterocycles. The fourth-order valence-corrected chi connectivity index (χ4v) is 3.86. The fraction of sp³-hybridized carbons (Fsp3) is 0.0800. The van der Waals surface area contributed by atoms with Crippen LogP contribution in [-0.4, -0.2) is 0 Å². The van der Waals surface area contributed by atoms with Crippen LogP contribution in [-0.2, 0) is 7.05 Å². The second-order valence-corrected chi connectivity index (χ2v) is 7.16.